The van der Waals surface area contributed by atoms with Crippen LogP contribution in [0, 0.1) is 12.7 Å². The van der Waals surface area contributed by atoms with Gasteiger partial charge in [-0.3, -0.25) is 9.78 Å². The molecule has 2 heterocycles. The average Bonchev–Trinajstić information content (AvgIpc) is 2.41. The summed E-state index contributed by atoms with van der Waals surface area (Å²) in [6.45, 7) is 1.81. The third kappa shape index (κ3) is 2.66. The number of nitrogens with two attached hydrogens (primary N) is 1. The molecular weight excluding hydrogens is 249 g/mol. The lowest BCUT2D eigenvalue weighted by molar-refractivity contribution is 0.102. The molecule has 2 rings (SSSR count). The molecule has 19 heavy (non-hydrogen) atoms. The molecule has 0 saturated heterocycles. The molecule has 2 aromatic rings. The number of hydrazine groups is 1. The molecule has 0 aromatic carbocycles. The van der Waals surface area contributed by atoms with Crippen molar-refractivity contribution in [3.8, 4) is 0 Å². The van der Waals surface area contributed by atoms with Crippen LogP contribution >= 0.6 is 0 Å². The van der Waals surface area contributed by atoms with Crippen LogP contribution in [-0.4, -0.2) is 15.9 Å². The maximum atomic E-state index is 13.8. The summed E-state index contributed by atoms with van der Waals surface area (Å²) < 4.78 is 13.8. The van der Waals surface area contributed by atoms with Crippen LogP contribution in [0.2, 0.25) is 0 Å². The van der Waals surface area contributed by atoms with Gasteiger partial charge in [0, 0.05) is 12.4 Å². The van der Waals surface area contributed by atoms with Crippen molar-refractivity contribution in [3.63, 3.8) is 0 Å². The van der Waals surface area contributed by atoms with Crippen molar-refractivity contribution in [1.29, 1.82) is 0 Å². The van der Waals surface area contributed by atoms with Crippen LogP contribution in [0.5, 0.6) is 0 Å². The minimum absolute atomic E-state index is 0.147. The lowest BCUT2D eigenvalue weighted by atomic mass is 10.2. The number of hydrogen-bond acceptors (Lipinski definition) is 5. The van der Waals surface area contributed by atoms with Crippen LogP contribution in [0.3, 0.4) is 0 Å². The summed E-state index contributed by atoms with van der Waals surface area (Å²) in [4.78, 5) is 19.5. The predicted molar refractivity (Wildman–Crippen MR) is 68.9 cm³/mol. The fourth-order valence-corrected chi connectivity index (χ4v) is 1.50. The number of rotatable bonds is 3. The molecule has 0 bridgehead atoms. The number of aromatic nitrogens is 2. The van der Waals surface area contributed by atoms with Gasteiger partial charge < -0.3 is 10.7 Å². The number of aryl methyl sites for hydroxylation is 1. The van der Waals surface area contributed by atoms with E-state index < -0.39 is 11.7 Å². The molecule has 0 spiro atoms. The Balaban J connectivity index is 2.28. The van der Waals surface area contributed by atoms with Crippen molar-refractivity contribution in [2.75, 3.05) is 10.7 Å². The van der Waals surface area contributed by atoms with Crippen LogP contribution in [0.4, 0.5) is 15.9 Å². The molecule has 0 aliphatic heterocycles. The zero-order chi connectivity index (χ0) is 13.8. The van der Waals surface area contributed by atoms with Gasteiger partial charge in [-0.1, -0.05) is 0 Å². The third-order valence-electron chi connectivity index (χ3n) is 2.56. The molecule has 0 atom stereocenters. The quantitative estimate of drug-likeness (QED) is 0.574. The lowest BCUT2D eigenvalue weighted by Crippen LogP contribution is -2.18. The zero-order valence-electron chi connectivity index (χ0n) is 10.1. The van der Waals surface area contributed by atoms with Gasteiger partial charge >= 0.3 is 0 Å². The number of amides is 1. The van der Waals surface area contributed by atoms with E-state index in [1.54, 1.807) is 12.3 Å². The summed E-state index contributed by atoms with van der Waals surface area (Å²) in [5, 5.41) is 2.58. The highest BCUT2D eigenvalue weighted by Crippen LogP contribution is 2.17. The van der Waals surface area contributed by atoms with E-state index in [1.165, 1.54) is 18.5 Å². The number of carbonyl (C=O) groups is 1. The number of pyridine rings is 2. The fourth-order valence-electron chi connectivity index (χ4n) is 1.50. The molecule has 0 aliphatic rings. The van der Waals surface area contributed by atoms with E-state index in [9.17, 15) is 9.18 Å². The van der Waals surface area contributed by atoms with E-state index in [0.717, 1.165) is 5.56 Å². The highest BCUT2D eigenvalue weighted by atomic mass is 19.1. The smallest absolute Gasteiger partial charge is 0.258 e. The van der Waals surface area contributed by atoms with Crippen LogP contribution in [0.1, 0.15) is 15.9 Å². The van der Waals surface area contributed by atoms with Gasteiger partial charge in [-0.25, -0.2) is 15.2 Å². The second-order valence-electron chi connectivity index (χ2n) is 3.81. The standard InChI is InChI=1S/C12H12FN5O/c1-7-2-4-15-6-9(7)17-12(19)8-3-5-16-11(18-14)10(8)13/h2-6H,14H2,1H3,(H,16,18)(H,17,19). The summed E-state index contributed by atoms with van der Waals surface area (Å²) >= 11 is 0. The number of nitrogen functional groups attached to an aromatic ring is 1. The first-order valence-corrected chi connectivity index (χ1v) is 5.46. The Morgan fingerprint density at radius 3 is 2.84 bits per heavy atom. The van der Waals surface area contributed by atoms with E-state index in [4.69, 9.17) is 5.84 Å². The number of anilines is 2. The van der Waals surface area contributed by atoms with Crippen molar-refractivity contribution < 1.29 is 9.18 Å². The molecule has 1 amide bonds. The molecule has 0 fully saturated rings. The molecule has 0 unspecified atom stereocenters. The lowest BCUT2D eigenvalue weighted by Gasteiger charge is -2.09. The third-order valence-corrected chi connectivity index (χ3v) is 2.56. The molecule has 0 radical (unpaired) electrons. The molecule has 7 heteroatoms. The minimum atomic E-state index is -0.802. The maximum absolute atomic E-state index is 13.8. The average molecular weight is 261 g/mol. The van der Waals surface area contributed by atoms with Gasteiger partial charge in [-0.2, -0.15) is 0 Å². The number of halogens is 1. The van der Waals surface area contributed by atoms with Crippen molar-refractivity contribution >= 4 is 17.4 Å². The Labute approximate surface area is 108 Å². The Bertz CT molecular complexity index is 617. The van der Waals surface area contributed by atoms with Gasteiger partial charge in [0.15, 0.2) is 11.6 Å². The van der Waals surface area contributed by atoms with E-state index >= 15 is 0 Å². The van der Waals surface area contributed by atoms with Gasteiger partial charge in [-0.15, -0.1) is 0 Å². The molecular formula is C12H12FN5O. The maximum Gasteiger partial charge on any atom is 0.258 e. The summed E-state index contributed by atoms with van der Waals surface area (Å²) in [5.74, 6) is 3.53. The number of nitrogens with zero attached hydrogens (tertiary/aromatic N) is 2. The Morgan fingerprint density at radius 1 is 1.37 bits per heavy atom. The topological polar surface area (TPSA) is 92.9 Å². The molecule has 2 aromatic heterocycles. The second-order valence-corrected chi connectivity index (χ2v) is 3.81. The van der Waals surface area contributed by atoms with Gasteiger partial charge in [0.1, 0.15) is 0 Å². The molecule has 0 aliphatic carbocycles. The van der Waals surface area contributed by atoms with E-state index in [2.05, 4.69) is 20.7 Å². The number of hydrogen-bond donors (Lipinski definition) is 3. The molecule has 98 valence electrons. The van der Waals surface area contributed by atoms with Crippen LogP contribution < -0.4 is 16.6 Å². The van der Waals surface area contributed by atoms with Crippen LogP contribution in [-0.2, 0) is 0 Å². The summed E-state index contributed by atoms with van der Waals surface area (Å²) in [6, 6.07) is 3.02. The monoisotopic (exact) mass is 261 g/mol. The first-order chi connectivity index (χ1) is 9.13. The largest absolute Gasteiger partial charge is 0.320 e. The molecule has 6 nitrogen and oxygen atoms in total. The summed E-state index contributed by atoms with van der Waals surface area (Å²) in [7, 11) is 0. The van der Waals surface area contributed by atoms with Crippen molar-refractivity contribution in [2.24, 2.45) is 5.84 Å². The van der Waals surface area contributed by atoms with Crippen molar-refractivity contribution in [1.82, 2.24) is 9.97 Å². The Hall–Kier alpha value is -2.54. The first-order valence-electron chi connectivity index (χ1n) is 5.46. The minimum Gasteiger partial charge on any atom is -0.320 e. The molecule has 0 saturated carbocycles. The Kier molecular flexibility index (Phi) is 3.67. The predicted octanol–water partition coefficient (Wildman–Crippen LogP) is 1.46. The highest BCUT2D eigenvalue weighted by Gasteiger charge is 2.16. The van der Waals surface area contributed by atoms with Crippen molar-refractivity contribution in [2.45, 2.75) is 6.92 Å². The van der Waals surface area contributed by atoms with Gasteiger partial charge in [0.05, 0.1) is 17.4 Å². The summed E-state index contributed by atoms with van der Waals surface area (Å²) in [5.41, 5.74) is 3.29. The number of nitrogens with one attached hydrogen (secondary N) is 2. The van der Waals surface area contributed by atoms with Gasteiger partial charge in [-0.05, 0) is 24.6 Å². The SMILES string of the molecule is Cc1ccncc1NC(=O)c1ccnc(NN)c1F. The normalized spacial score (nSPS) is 10.1. The fraction of sp³-hybridized carbons (Fsp3) is 0.0833. The van der Waals surface area contributed by atoms with E-state index in [-0.39, 0.29) is 11.4 Å². The Morgan fingerprint density at radius 2 is 2.16 bits per heavy atom. The van der Waals surface area contributed by atoms with Gasteiger partial charge in [0.2, 0.25) is 0 Å². The summed E-state index contributed by atoms with van der Waals surface area (Å²) in [6.07, 6.45) is 4.40. The number of carbonyl (C=O) groups excluding carboxylic acids is 1. The van der Waals surface area contributed by atoms with Crippen LogP contribution in [0.15, 0.2) is 30.7 Å². The van der Waals surface area contributed by atoms with Crippen molar-refractivity contribution in [3.05, 3.63) is 47.7 Å². The van der Waals surface area contributed by atoms with Gasteiger partial charge in [0.25, 0.3) is 5.91 Å². The second kappa shape index (κ2) is 5.40. The molecule has 4 N–H and O–H groups in total. The van der Waals surface area contributed by atoms with E-state index in [1.807, 2.05) is 6.92 Å². The zero-order valence-corrected chi connectivity index (χ0v) is 10.1. The van der Waals surface area contributed by atoms with E-state index in [0.29, 0.717) is 5.69 Å². The highest BCUT2D eigenvalue weighted by molar-refractivity contribution is 6.05. The van der Waals surface area contributed by atoms with Crippen LogP contribution in [0.25, 0.3) is 0 Å². The first kappa shape index (κ1) is 12.9.